The quantitative estimate of drug-likeness (QED) is 0.857. The molecule has 112 valence electrons. The molecule has 0 radical (unpaired) electrons. The van der Waals surface area contributed by atoms with Gasteiger partial charge in [0, 0.05) is 6.54 Å². The normalized spacial score (nSPS) is 11.5. The Hall–Kier alpha value is -1.69. The lowest BCUT2D eigenvalue weighted by Crippen LogP contribution is -2.23. The van der Waals surface area contributed by atoms with Crippen LogP contribution in [-0.4, -0.2) is 15.0 Å². The van der Waals surface area contributed by atoms with Crippen LogP contribution in [0.5, 0.6) is 0 Å². The van der Waals surface area contributed by atoms with Gasteiger partial charge in [-0.1, -0.05) is 42.5 Å². The number of sulfonamides is 1. The zero-order chi connectivity index (χ0) is 15.3. The second kappa shape index (κ2) is 6.85. The lowest BCUT2D eigenvalue weighted by atomic mass is 10.1. The number of nitrogens with two attached hydrogens (primary N) is 1. The summed E-state index contributed by atoms with van der Waals surface area (Å²) in [6.45, 7) is 2.68. The fourth-order valence-electron chi connectivity index (χ4n) is 2.10. The number of hydrogen-bond donors (Lipinski definition) is 2. The van der Waals surface area contributed by atoms with Crippen LogP contribution in [0.25, 0.3) is 0 Å². The van der Waals surface area contributed by atoms with E-state index in [1.54, 1.807) is 25.1 Å². The second-order valence-corrected chi connectivity index (χ2v) is 6.68. The SMILES string of the molecule is Cc1ccccc1S(=O)(=O)NCc1ccc(CCN)cc1. The molecule has 0 spiro atoms. The molecule has 0 amide bonds. The molecular formula is C16H20N2O2S. The van der Waals surface area contributed by atoms with Crippen molar-refractivity contribution in [1.29, 1.82) is 0 Å². The monoisotopic (exact) mass is 304 g/mol. The summed E-state index contributed by atoms with van der Waals surface area (Å²) in [4.78, 5) is 0.324. The number of benzene rings is 2. The highest BCUT2D eigenvalue weighted by molar-refractivity contribution is 7.89. The summed E-state index contributed by atoms with van der Waals surface area (Å²) < 4.78 is 27.2. The van der Waals surface area contributed by atoms with Gasteiger partial charge in [-0.15, -0.1) is 0 Å². The topological polar surface area (TPSA) is 72.2 Å². The molecule has 4 nitrogen and oxygen atoms in total. The first-order valence-corrected chi connectivity index (χ1v) is 8.34. The summed E-state index contributed by atoms with van der Waals surface area (Å²) in [7, 11) is -3.48. The molecular weight excluding hydrogens is 284 g/mol. The van der Waals surface area contributed by atoms with Gasteiger partial charge in [0.05, 0.1) is 4.90 Å². The van der Waals surface area contributed by atoms with Gasteiger partial charge >= 0.3 is 0 Å². The Kier molecular flexibility index (Phi) is 5.12. The van der Waals surface area contributed by atoms with Gasteiger partial charge in [-0.3, -0.25) is 0 Å². The van der Waals surface area contributed by atoms with Crippen LogP contribution in [0.2, 0.25) is 0 Å². The van der Waals surface area contributed by atoms with Crippen LogP contribution < -0.4 is 10.5 Å². The number of hydrogen-bond acceptors (Lipinski definition) is 3. The average Bonchev–Trinajstić information content (AvgIpc) is 2.47. The summed E-state index contributed by atoms with van der Waals surface area (Å²) >= 11 is 0. The van der Waals surface area contributed by atoms with E-state index < -0.39 is 10.0 Å². The maximum atomic E-state index is 12.3. The van der Waals surface area contributed by atoms with Crippen molar-refractivity contribution in [3.05, 3.63) is 65.2 Å². The molecule has 0 aliphatic carbocycles. The number of aryl methyl sites for hydroxylation is 1. The van der Waals surface area contributed by atoms with Gasteiger partial charge in [0.1, 0.15) is 0 Å². The van der Waals surface area contributed by atoms with Gasteiger partial charge in [0.15, 0.2) is 0 Å². The molecule has 2 aromatic carbocycles. The molecule has 0 saturated carbocycles. The minimum atomic E-state index is -3.48. The molecule has 0 heterocycles. The molecule has 0 saturated heterocycles. The van der Waals surface area contributed by atoms with Crippen LogP contribution in [0.4, 0.5) is 0 Å². The molecule has 0 atom stereocenters. The maximum absolute atomic E-state index is 12.3. The first-order chi connectivity index (χ1) is 10.0. The minimum Gasteiger partial charge on any atom is -0.330 e. The molecule has 2 rings (SSSR count). The van der Waals surface area contributed by atoms with Crippen molar-refractivity contribution in [2.24, 2.45) is 5.73 Å². The van der Waals surface area contributed by atoms with Crippen LogP contribution in [-0.2, 0) is 23.0 Å². The van der Waals surface area contributed by atoms with E-state index in [1.807, 2.05) is 30.3 Å². The van der Waals surface area contributed by atoms with Crippen molar-refractivity contribution < 1.29 is 8.42 Å². The van der Waals surface area contributed by atoms with Crippen LogP contribution in [0.3, 0.4) is 0 Å². The Morgan fingerprint density at radius 1 is 1.00 bits per heavy atom. The first-order valence-electron chi connectivity index (χ1n) is 6.86. The van der Waals surface area contributed by atoms with E-state index in [2.05, 4.69) is 4.72 Å². The summed E-state index contributed by atoms with van der Waals surface area (Å²) in [5, 5.41) is 0. The average molecular weight is 304 g/mol. The van der Waals surface area contributed by atoms with E-state index in [0.29, 0.717) is 11.4 Å². The molecule has 21 heavy (non-hydrogen) atoms. The molecule has 3 N–H and O–H groups in total. The third-order valence-electron chi connectivity index (χ3n) is 3.31. The number of rotatable bonds is 6. The van der Waals surface area contributed by atoms with Gasteiger partial charge in [-0.25, -0.2) is 13.1 Å². The van der Waals surface area contributed by atoms with Crippen molar-refractivity contribution in [3.63, 3.8) is 0 Å². The van der Waals surface area contributed by atoms with E-state index in [4.69, 9.17) is 5.73 Å². The largest absolute Gasteiger partial charge is 0.330 e. The maximum Gasteiger partial charge on any atom is 0.241 e. The number of nitrogens with one attached hydrogen (secondary N) is 1. The van der Waals surface area contributed by atoms with Crippen molar-refractivity contribution in [1.82, 2.24) is 4.72 Å². The third-order valence-corrected chi connectivity index (χ3v) is 4.87. The molecule has 0 bridgehead atoms. The van der Waals surface area contributed by atoms with Gasteiger partial charge in [0.25, 0.3) is 0 Å². The fourth-order valence-corrected chi connectivity index (χ4v) is 3.37. The van der Waals surface area contributed by atoms with Crippen LogP contribution in [0, 0.1) is 6.92 Å². The standard InChI is InChI=1S/C16H20N2O2S/c1-13-4-2-3-5-16(13)21(19,20)18-12-15-8-6-14(7-9-15)10-11-17/h2-9,18H,10-12,17H2,1H3. The Labute approximate surface area is 126 Å². The van der Waals surface area contributed by atoms with E-state index in [9.17, 15) is 8.42 Å². The molecule has 0 unspecified atom stereocenters. The second-order valence-electron chi connectivity index (χ2n) is 4.95. The molecule has 0 aliphatic rings. The smallest absolute Gasteiger partial charge is 0.241 e. The lowest BCUT2D eigenvalue weighted by molar-refractivity contribution is 0.580. The van der Waals surface area contributed by atoms with Crippen molar-refractivity contribution in [2.45, 2.75) is 24.8 Å². The summed E-state index contributed by atoms with van der Waals surface area (Å²) in [6, 6.07) is 14.7. The predicted octanol–water partition coefficient (Wildman–Crippen LogP) is 1.97. The van der Waals surface area contributed by atoms with Crippen LogP contribution >= 0.6 is 0 Å². The summed E-state index contributed by atoms with van der Waals surface area (Å²) in [6.07, 6.45) is 0.829. The fraction of sp³-hybridized carbons (Fsp3) is 0.250. The summed E-state index contributed by atoms with van der Waals surface area (Å²) in [5.41, 5.74) is 8.32. The predicted molar refractivity (Wildman–Crippen MR) is 84.4 cm³/mol. The Morgan fingerprint density at radius 2 is 1.62 bits per heavy atom. The zero-order valence-corrected chi connectivity index (χ0v) is 12.9. The van der Waals surface area contributed by atoms with Gasteiger partial charge in [-0.2, -0.15) is 0 Å². The van der Waals surface area contributed by atoms with Crippen molar-refractivity contribution in [2.75, 3.05) is 6.54 Å². The van der Waals surface area contributed by atoms with Gasteiger partial charge in [-0.05, 0) is 42.6 Å². The highest BCUT2D eigenvalue weighted by Crippen LogP contribution is 2.14. The van der Waals surface area contributed by atoms with Crippen LogP contribution in [0.1, 0.15) is 16.7 Å². The minimum absolute atomic E-state index is 0.277. The van der Waals surface area contributed by atoms with Crippen LogP contribution in [0.15, 0.2) is 53.4 Å². The Morgan fingerprint density at radius 3 is 2.24 bits per heavy atom. The van der Waals surface area contributed by atoms with Gasteiger partial charge in [0.2, 0.25) is 10.0 Å². The highest BCUT2D eigenvalue weighted by Gasteiger charge is 2.15. The molecule has 0 aromatic heterocycles. The lowest BCUT2D eigenvalue weighted by Gasteiger charge is -2.09. The summed E-state index contributed by atoms with van der Waals surface area (Å²) in [5.74, 6) is 0. The van der Waals surface area contributed by atoms with Crippen molar-refractivity contribution >= 4 is 10.0 Å². The van der Waals surface area contributed by atoms with E-state index in [1.165, 1.54) is 0 Å². The Balaban J connectivity index is 2.07. The highest BCUT2D eigenvalue weighted by atomic mass is 32.2. The van der Waals surface area contributed by atoms with Gasteiger partial charge < -0.3 is 5.73 Å². The molecule has 2 aromatic rings. The van der Waals surface area contributed by atoms with E-state index in [0.717, 1.165) is 23.1 Å². The molecule has 0 aliphatic heterocycles. The Bertz CT molecular complexity index is 694. The van der Waals surface area contributed by atoms with E-state index >= 15 is 0 Å². The zero-order valence-electron chi connectivity index (χ0n) is 12.0. The molecule has 5 heteroatoms. The first kappa shape index (κ1) is 15.7. The van der Waals surface area contributed by atoms with Crippen molar-refractivity contribution in [3.8, 4) is 0 Å². The van der Waals surface area contributed by atoms with E-state index in [-0.39, 0.29) is 6.54 Å². The molecule has 0 fully saturated rings. The third kappa shape index (κ3) is 4.14.